The molecule has 0 aliphatic heterocycles. The van der Waals surface area contributed by atoms with Crippen LogP contribution >= 0.6 is 11.6 Å². The van der Waals surface area contributed by atoms with Crippen molar-refractivity contribution in [3.63, 3.8) is 0 Å². The summed E-state index contributed by atoms with van der Waals surface area (Å²) in [6.45, 7) is 4.14. The number of hydrogen-bond acceptors (Lipinski definition) is 2. The van der Waals surface area contributed by atoms with Crippen molar-refractivity contribution < 1.29 is 0 Å². The lowest BCUT2D eigenvalue weighted by molar-refractivity contribution is 0.879. The fourth-order valence-electron chi connectivity index (χ4n) is 2.33. The Balaban J connectivity index is 2.10. The number of aromatic nitrogens is 3. The standard InChI is InChI=1S/C17H16ClN3/c1-3-13-7-9-14(10-8-13)17-19-11-20-21(17)16-6-4-5-15(18)12(16)2/h4-11H,3H2,1-2H3. The molecule has 0 spiro atoms. The van der Waals surface area contributed by atoms with Gasteiger partial charge >= 0.3 is 0 Å². The summed E-state index contributed by atoms with van der Waals surface area (Å²) < 4.78 is 1.84. The molecule has 0 fully saturated rings. The summed E-state index contributed by atoms with van der Waals surface area (Å²) >= 11 is 6.21. The molecule has 0 unspecified atom stereocenters. The summed E-state index contributed by atoms with van der Waals surface area (Å²) in [5.74, 6) is 0.822. The molecule has 2 aromatic carbocycles. The zero-order valence-electron chi connectivity index (χ0n) is 12.0. The van der Waals surface area contributed by atoms with Gasteiger partial charge in [0.2, 0.25) is 0 Å². The number of nitrogens with zero attached hydrogens (tertiary/aromatic N) is 3. The van der Waals surface area contributed by atoms with E-state index in [-0.39, 0.29) is 0 Å². The molecule has 3 nitrogen and oxygen atoms in total. The quantitative estimate of drug-likeness (QED) is 0.714. The van der Waals surface area contributed by atoms with E-state index in [1.165, 1.54) is 5.56 Å². The zero-order valence-corrected chi connectivity index (χ0v) is 12.8. The first-order valence-corrected chi connectivity index (χ1v) is 7.33. The second kappa shape index (κ2) is 5.70. The highest BCUT2D eigenvalue weighted by Crippen LogP contribution is 2.26. The largest absolute Gasteiger partial charge is 0.215 e. The van der Waals surface area contributed by atoms with Crippen LogP contribution in [-0.2, 0) is 6.42 Å². The molecule has 0 N–H and O–H groups in total. The second-order valence-corrected chi connectivity index (χ2v) is 5.34. The van der Waals surface area contributed by atoms with Crippen LogP contribution < -0.4 is 0 Å². The Kier molecular flexibility index (Phi) is 3.76. The zero-order chi connectivity index (χ0) is 14.8. The average molecular weight is 298 g/mol. The smallest absolute Gasteiger partial charge is 0.163 e. The molecular weight excluding hydrogens is 282 g/mol. The van der Waals surface area contributed by atoms with Gasteiger partial charge in [0, 0.05) is 10.6 Å². The number of halogens is 1. The Bertz CT molecular complexity index is 760. The Hall–Kier alpha value is -2.13. The predicted octanol–water partition coefficient (Wildman–Crippen LogP) is 4.46. The molecule has 21 heavy (non-hydrogen) atoms. The van der Waals surface area contributed by atoms with Crippen molar-refractivity contribution in [2.24, 2.45) is 0 Å². The van der Waals surface area contributed by atoms with Crippen LogP contribution in [0.1, 0.15) is 18.1 Å². The van der Waals surface area contributed by atoms with Gasteiger partial charge in [0.25, 0.3) is 0 Å². The summed E-state index contributed by atoms with van der Waals surface area (Å²) in [4.78, 5) is 4.40. The first-order valence-electron chi connectivity index (χ1n) is 6.95. The number of benzene rings is 2. The van der Waals surface area contributed by atoms with Crippen LogP contribution in [0.5, 0.6) is 0 Å². The Morgan fingerprint density at radius 2 is 1.86 bits per heavy atom. The molecule has 0 atom stereocenters. The maximum atomic E-state index is 6.21. The van der Waals surface area contributed by atoms with Crippen molar-refractivity contribution in [1.29, 1.82) is 0 Å². The van der Waals surface area contributed by atoms with E-state index in [4.69, 9.17) is 11.6 Å². The van der Waals surface area contributed by atoms with E-state index >= 15 is 0 Å². The van der Waals surface area contributed by atoms with Gasteiger partial charge in [0.1, 0.15) is 6.33 Å². The minimum absolute atomic E-state index is 0.732. The summed E-state index contributed by atoms with van der Waals surface area (Å²) in [5, 5.41) is 5.09. The normalized spacial score (nSPS) is 10.8. The lowest BCUT2D eigenvalue weighted by atomic mass is 10.1. The molecular formula is C17H16ClN3. The van der Waals surface area contributed by atoms with Crippen molar-refractivity contribution in [1.82, 2.24) is 14.8 Å². The first kappa shape index (κ1) is 13.8. The minimum Gasteiger partial charge on any atom is -0.215 e. The summed E-state index contributed by atoms with van der Waals surface area (Å²) in [6.07, 6.45) is 2.60. The van der Waals surface area contributed by atoms with E-state index in [0.29, 0.717) is 0 Å². The van der Waals surface area contributed by atoms with Gasteiger partial charge in [-0.25, -0.2) is 9.67 Å². The molecule has 0 radical (unpaired) electrons. The maximum absolute atomic E-state index is 6.21. The molecule has 0 saturated carbocycles. The van der Waals surface area contributed by atoms with Gasteiger partial charge in [0.15, 0.2) is 5.82 Å². The molecule has 1 aromatic heterocycles. The third kappa shape index (κ3) is 2.57. The van der Waals surface area contributed by atoms with Gasteiger partial charge in [-0.2, -0.15) is 5.10 Å². The third-order valence-electron chi connectivity index (χ3n) is 3.64. The van der Waals surface area contributed by atoms with Gasteiger partial charge in [-0.15, -0.1) is 0 Å². The molecule has 4 heteroatoms. The van der Waals surface area contributed by atoms with E-state index < -0.39 is 0 Å². The number of rotatable bonds is 3. The monoisotopic (exact) mass is 297 g/mol. The lowest BCUT2D eigenvalue weighted by Crippen LogP contribution is -2.02. The number of hydrogen-bond donors (Lipinski definition) is 0. The maximum Gasteiger partial charge on any atom is 0.163 e. The topological polar surface area (TPSA) is 30.7 Å². The van der Waals surface area contributed by atoms with E-state index in [1.807, 2.05) is 29.8 Å². The number of aryl methyl sites for hydroxylation is 1. The van der Waals surface area contributed by atoms with Crippen LogP contribution in [0.25, 0.3) is 17.1 Å². The molecule has 0 amide bonds. The Morgan fingerprint density at radius 3 is 2.57 bits per heavy atom. The summed E-state index contributed by atoms with van der Waals surface area (Å²) in [6, 6.07) is 14.2. The molecule has 106 valence electrons. The second-order valence-electron chi connectivity index (χ2n) is 4.93. The van der Waals surface area contributed by atoms with Crippen molar-refractivity contribution in [2.75, 3.05) is 0 Å². The molecule has 0 aliphatic carbocycles. The van der Waals surface area contributed by atoms with Crippen molar-refractivity contribution in [2.45, 2.75) is 20.3 Å². The van der Waals surface area contributed by atoms with Crippen LogP contribution in [0, 0.1) is 6.92 Å². The van der Waals surface area contributed by atoms with E-state index in [9.17, 15) is 0 Å². The van der Waals surface area contributed by atoms with Gasteiger partial charge in [-0.1, -0.05) is 48.9 Å². The SMILES string of the molecule is CCc1ccc(-c2ncnn2-c2cccc(Cl)c2C)cc1. The van der Waals surface area contributed by atoms with Crippen LogP contribution in [0.15, 0.2) is 48.8 Å². The fourth-order valence-corrected chi connectivity index (χ4v) is 2.50. The van der Waals surface area contributed by atoms with Crippen LogP contribution in [0.2, 0.25) is 5.02 Å². The first-order chi connectivity index (χ1) is 10.2. The molecule has 0 saturated heterocycles. The predicted molar refractivity (Wildman–Crippen MR) is 85.9 cm³/mol. The minimum atomic E-state index is 0.732. The molecule has 0 bridgehead atoms. The van der Waals surface area contributed by atoms with Gasteiger partial charge in [-0.3, -0.25) is 0 Å². The fraction of sp³-hybridized carbons (Fsp3) is 0.176. The summed E-state index contributed by atoms with van der Waals surface area (Å²) in [7, 11) is 0. The highest BCUT2D eigenvalue weighted by molar-refractivity contribution is 6.31. The van der Waals surface area contributed by atoms with Crippen molar-refractivity contribution in [3.8, 4) is 17.1 Å². The summed E-state index contributed by atoms with van der Waals surface area (Å²) in [5.41, 5.74) is 4.30. The van der Waals surface area contributed by atoms with Gasteiger partial charge in [-0.05, 0) is 36.6 Å². The van der Waals surface area contributed by atoms with Gasteiger partial charge in [0.05, 0.1) is 5.69 Å². The van der Waals surface area contributed by atoms with Crippen molar-refractivity contribution >= 4 is 11.6 Å². The van der Waals surface area contributed by atoms with Crippen LogP contribution in [0.3, 0.4) is 0 Å². The lowest BCUT2D eigenvalue weighted by Gasteiger charge is -2.10. The third-order valence-corrected chi connectivity index (χ3v) is 4.04. The van der Waals surface area contributed by atoms with E-state index in [0.717, 1.165) is 34.1 Å². The van der Waals surface area contributed by atoms with Gasteiger partial charge < -0.3 is 0 Å². The molecule has 0 aliphatic rings. The Labute approximate surface area is 129 Å². The average Bonchev–Trinajstić information content (AvgIpc) is 2.99. The van der Waals surface area contributed by atoms with E-state index in [1.54, 1.807) is 6.33 Å². The highest BCUT2D eigenvalue weighted by atomic mass is 35.5. The molecule has 3 aromatic rings. The molecule has 3 rings (SSSR count). The highest BCUT2D eigenvalue weighted by Gasteiger charge is 2.12. The Morgan fingerprint density at radius 1 is 1.10 bits per heavy atom. The molecule has 1 heterocycles. The van der Waals surface area contributed by atoms with E-state index in [2.05, 4.69) is 41.3 Å². The van der Waals surface area contributed by atoms with Crippen molar-refractivity contribution in [3.05, 3.63) is 64.9 Å². The van der Waals surface area contributed by atoms with Crippen LogP contribution in [-0.4, -0.2) is 14.8 Å². The van der Waals surface area contributed by atoms with Crippen LogP contribution in [0.4, 0.5) is 0 Å².